The van der Waals surface area contributed by atoms with E-state index < -0.39 is 0 Å². The van der Waals surface area contributed by atoms with Gasteiger partial charge in [0, 0.05) is 24.8 Å². The maximum absolute atomic E-state index is 5.61. The summed E-state index contributed by atoms with van der Waals surface area (Å²) >= 11 is 0. The molecular weight excluding hydrogens is 260 g/mol. The number of hydrogen-bond donors (Lipinski definition) is 1. The maximum Gasteiger partial charge on any atom is 0.0469 e. The van der Waals surface area contributed by atoms with E-state index in [1.165, 1.54) is 44.9 Å². The summed E-state index contributed by atoms with van der Waals surface area (Å²) < 4.78 is 5.61. The highest BCUT2D eigenvalue weighted by Crippen LogP contribution is 2.41. The minimum absolute atomic E-state index is 0.351. The zero-order valence-corrected chi connectivity index (χ0v) is 14.7. The van der Waals surface area contributed by atoms with Gasteiger partial charge in [0.15, 0.2) is 0 Å². The SMILES string of the molecule is CCCNC(C1CCOCC1)C1(N(C)C)CCC(C)CC1. The zero-order chi connectivity index (χ0) is 15.3. The van der Waals surface area contributed by atoms with E-state index in [1.807, 2.05) is 0 Å². The molecule has 1 saturated carbocycles. The van der Waals surface area contributed by atoms with Crippen LogP contribution < -0.4 is 5.32 Å². The van der Waals surface area contributed by atoms with Gasteiger partial charge in [-0.3, -0.25) is 0 Å². The molecule has 1 N–H and O–H groups in total. The number of nitrogens with zero attached hydrogens (tertiary/aromatic N) is 1. The van der Waals surface area contributed by atoms with E-state index in [-0.39, 0.29) is 0 Å². The van der Waals surface area contributed by atoms with Crippen LogP contribution in [0.4, 0.5) is 0 Å². The predicted molar refractivity (Wildman–Crippen MR) is 89.7 cm³/mol. The summed E-state index contributed by atoms with van der Waals surface area (Å²) in [4.78, 5) is 2.54. The molecule has 0 bridgehead atoms. The van der Waals surface area contributed by atoms with E-state index in [0.717, 1.165) is 31.6 Å². The lowest BCUT2D eigenvalue weighted by Crippen LogP contribution is -2.63. The van der Waals surface area contributed by atoms with E-state index in [0.29, 0.717) is 11.6 Å². The Balaban J connectivity index is 2.17. The molecule has 3 nitrogen and oxygen atoms in total. The van der Waals surface area contributed by atoms with Gasteiger partial charge in [-0.25, -0.2) is 0 Å². The molecule has 1 heterocycles. The van der Waals surface area contributed by atoms with Gasteiger partial charge in [-0.05, 0) is 77.4 Å². The van der Waals surface area contributed by atoms with Crippen LogP contribution in [-0.2, 0) is 4.74 Å². The fourth-order valence-corrected chi connectivity index (χ4v) is 4.44. The van der Waals surface area contributed by atoms with Gasteiger partial charge in [0.05, 0.1) is 0 Å². The fourth-order valence-electron chi connectivity index (χ4n) is 4.44. The molecule has 1 aliphatic carbocycles. The number of likely N-dealkylation sites (N-methyl/N-ethyl adjacent to an activating group) is 1. The average Bonchev–Trinajstić information content (AvgIpc) is 2.50. The van der Waals surface area contributed by atoms with E-state index in [2.05, 4.69) is 38.2 Å². The maximum atomic E-state index is 5.61. The Labute approximate surface area is 131 Å². The molecule has 0 radical (unpaired) electrons. The minimum Gasteiger partial charge on any atom is -0.381 e. The van der Waals surface area contributed by atoms with Crippen molar-refractivity contribution in [3.63, 3.8) is 0 Å². The van der Waals surface area contributed by atoms with Crippen LogP contribution in [0.15, 0.2) is 0 Å². The van der Waals surface area contributed by atoms with Crippen LogP contribution in [-0.4, -0.2) is 50.3 Å². The Kier molecular flexibility index (Phi) is 6.51. The molecule has 1 unspecified atom stereocenters. The monoisotopic (exact) mass is 296 g/mol. The lowest BCUT2D eigenvalue weighted by atomic mass is 9.67. The van der Waals surface area contributed by atoms with Crippen LogP contribution >= 0.6 is 0 Å². The van der Waals surface area contributed by atoms with Crippen molar-refractivity contribution in [3.8, 4) is 0 Å². The van der Waals surface area contributed by atoms with Crippen molar-refractivity contribution in [1.82, 2.24) is 10.2 Å². The molecule has 2 aliphatic rings. The third-order valence-electron chi connectivity index (χ3n) is 5.96. The molecule has 1 atom stereocenters. The molecule has 2 rings (SSSR count). The van der Waals surface area contributed by atoms with Crippen LogP contribution in [0, 0.1) is 11.8 Å². The molecule has 0 aromatic rings. The van der Waals surface area contributed by atoms with Crippen molar-refractivity contribution in [1.29, 1.82) is 0 Å². The Morgan fingerprint density at radius 1 is 1.14 bits per heavy atom. The summed E-state index contributed by atoms with van der Waals surface area (Å²) in [6.45, 7) is 7.75. The smallest absolute Gasteiger partial charge is 0.0469 e. The van der Waals surface area contributed by atoms with Crippen LogP contribution in [0.2, 0.25) is 0 Å². The summed E-state index contributed by atoms with van der Waals surface area (Å²) in [5, 5.41) is 3.95. The largest absolute Gasteiger partial charge is 0.381 e. The first-order chi connectivity index (χ1) is 10.1. The summed E-state index contributed by atoms with van der Waals surface area (Å²) in [7, 11) is 4.60. The zero-order valence-electron chi connectivity index (χ0n) is 14.7. The summed E-state index contributed by atoms with van der Waals surface area (Å²) in [6.07, 6.45) is 9.13. The third kappa shape index (κ3) is 4.00. The topological polar surface area (TPSA) is 24.5 Å². The van der Waals surface area contributed by atoms with Crippen molar-refractivity contribution in [3.05, 3.63) is 0 Å². The number of hydrogen-bond acceptors (Lipinski definition) is 3. The van der Waals surface area contributed by atoms with E-state index in [4.69, 9.17) is 4.74 Å². The van der Waals surface area contributed by atoms with Crippen molar-refractivity contribution >= 4 is 0 Å². The predicted octanol–water partition coefficient (Wildman–Crippen LogP) is 3.29. The Morgan fingerprint density at radius 2 is 1.76 bits per heavy atom. The van der Waals surface area contributed by atoms with Crippen molar-refractivity contribution in [2.45, 2.75) is 70.4 Å². The number of nitrogens with one attached hydrogen (secondary N) is 1. The summed E-state index contributed by atoms with van der Waals surface area (Å²) in [5.74, 6) is 1.68. The number of rotatable bonds is 6. The van der Waals surface area contributed by atoms with Gasteiger partial charge in [-0.15, -0.1) is 0 Å². The van der Waals surface area contributed by atoms with Gasteiger partial charge in [0.25, 0.3) is 0 Å². The lowest BCUT2D eigenvalue weighted by Gasteiger charge is -2.53. The van der Waals surface area contributed by atoms with Crippen molar-refractivity contribution in [2.75, 3.05) is 33.9 Å². The Hall–Kier alpha value is -0.120. The molecule has 0 spiro atoms. The highest BCUT2D eigenvalue weighted by atomic mass is 16.5. The van der Waals surface area contributed by atoms with Crippen LogP contribution in [0.25, 0.3) is 0 Å². The van der Waals surface area contributed by atoms with Gasteiger partial charge in [-0.2, -0.15) is 0 Å². The molecule has 1 aliphatic heterocycles. The van der Waals surface area contributed by atoms with Gasteiger partial charge < -0.3 is 15.0 Å². The second kappa shape index (κ2) is 7.94. The third-order valence-corrected chi connectivity index (χ3v) is 5.96. The molecule has 3 heteroatoms. The molecule has 124 valence electrons. The van der Waals surface area contributed by atoms with Crippen LogP contribution in [0.5, 0.6) is 0 Å². The fraction of sp³-hybridized carbons (Fsp3) is 1.00. The highest BCUT2D eigenvalue weighted by molar-refractivity contribution is 5.04. The van der Waals surface area contributed by atoms with Crippen molar-refractivity contribution in [2.24, 2.45) is 11.8 Å². The van der Waals surface area contributed by atoms with E-state index in [1.54, 1.807) is 0 Å². The Morgan fingerprint density at radius 3 is 2.29 bits per heavy atom. The van der Waals surface area contributed by atoms with Gasteiger partial charge in [0.2, 0.25) is 0 Å². The van der Waals surface area contributed by atoms with Gasteiger partial charge in [-0.1, -0.05) is 13.8 Å². The van der Waals surface area contributed by atoms with E-state index in [9.17, 15) is 0 Å². The summed E-state index contributed by atoms with van der Waals surface area (Å²) in [6, 6.07) is 0.629. The molecule has 1 saturated heterocycles. The molecule has 0 aromatic carbocycles. The van der Waals surface area contributed by atoms with Crippen LogP contribution in [0.1, 0.15) is 58.8 Å². The van der Waals surface area contributed by atoms with Crippen molar-refractivity contribution < 1.29 is 4.74 Å². The quantitative estimate of drug-likeness (QED) is 0.814. The molecular formula is C18H36N2O. The Bertz CT molecular complexity index is 292. The van der Waals surface area contributed by atoms with Gasteiger partial charge in [0.1, 0.15) is 0 Å². The second-order valence-corrected chi connectivity index (χ2v) is 7.56. The minimum atomic E-state index is 0.351. The molecule has 0 amide bonds. The first-order valence-electron chi connectivity index (χ1n) is 9.08. The normalized spacial score (nSPS) is 33.3. The van der Waals surface area contributed by atoms with E-state index >= 15 is 0 Å². The second-order valence-electron chi connectivity index (χ2n) is 7.56. The first kappa shape index (κ1) is 17.2. The molecule has 0 aromatic heterocycles. The standard InChI is InChI=1S/C18H36N2O/c1-5-12-19-17(16-8-13-21-14-9-16)18(20(3)4)10-6-15(2)7-11-18/h15-17,19H,5-14H2,1-4H3. The molecule has 2 fully saturated rings. The highest BCUT2D eigenvalue weighted by Gasteiger charge is 2.46. The molecule has 21 heavy (non-hydrogen) atoms. The van der Waals surface area contributed by atoms with Gasteiger partial charge >= 0.3 is 0 Å². The van der Waals surface area contributed by atoms with Crippen LogP contribution in [0.3, 0.4) is 0 Å². The summed E-state index contributed by atoms with van der Waals surface area (Å²) in [5.41, 5.74) is 0.351. The number of ether oxygens (including phenoxy) is 1. The first-order valence-corrected chi connectivity index (χ1v) is 9.08. The lowest BCUT2D eigenvalue weighted by molar-refractivity contribution is -0.0146. The average molecular weight is 296 g/mol.